The quantitative estimate of drug-likeness (QED) is 0.766. The van der Waals surface area contributed by atoms with Crippen molar-refractivity contribution >= 4 is 27.4 Å². The number of nitrogen functional groups attached to an aromatic ring is 1. The number of fused-ring (bicyclic) bond motifs is 1. The number of thiophene rings is 1. The Balaban J connectivity index is 2.23. The molecule has 0 saturated heterocycles. The molecule has 92 valence electrons. The molecule has 18 heavy (non-hydrogen) atoms. The van der Waals surface area contributed by atoms with Crippen molar-refractivity contribution < 1.29 is 0 Å². The summed E-state index contributed by atoms with van der Waals surface area (Å²) >= 11 is 1.66. The summed E-state index contributed by atoms with van der Waals surface area (Å²) in [5.41, 5.74) is 6.00. The first-order valence-corrected chi connectivity index (χ1v) is 6.54. The molecular formula is C12H13N5S. The first-order valence-electron chi connectivity index (χ1n) is 5.72. The van der Waals surface area contributed by atoms with Crippen LogP contribution in [0.1, 0.15) is 11.8 Å². The summed E-state index contributed by atoms with van der Waals surface area (Å²) in [6, 6.07) is 2.07. The van der Waals surface area contributed by atoms with Crippen LogP contribution < -0.4 is 5.73 Å². The molecule has 3 aromatic heterocycles. The summed E-state index contributed by atoms with van der Waals surface area (Å²) < 4.78 is 1.88. The molecule has 0 aliphatic carbocycles. The fourth-order valence-electron chi connectivity index (χ4n) is 1.85. The van der Waals surface area contributed by atoms with Gasteiger partial charge in [0.25, 0.3) is 0 Å². The van der Waals surface area contributed by atoms with Crippen molar-refractivity contribution in [1.82, 2.24) is 19.5 Å². The van der Waals surface area contributed by atoms with Gasteiger partial charge in [0.2, 0.25) is 0 Å². The maximum Gasteiger partial charge on any atom is 0.199 e. The Bertz CT molecular complexity index is 712. The number of anilines is 1. The average Bonchev–Trinajstić information content (AvgIpc) is 2.94. The molecule has 0 aromatic carbocycles. The minimum Gasteiger partial charge on any atom is -0.383 e. The SMILES string of the molecule is CCc1cc2c(N)nc(-c3nccn3C)nc2s1. The average molecular weight is 259 g/mol. The molecule has 0 atom stereocenters. The molecule has 0 bridgehead atoms. The molecule has 3 heterocycles. The lowest BCUT2D eigenvalue weighted by Crippen LogP contribution is -2.00. The number of imidazole rings is 1. The van der Waals surface area contributed by atoms with Crippen molar-refractivity contribution in [3.05, 3.63) is 23.3 Å². The van der Waals surface area contributed by atoms with E-state index in [0.29, 0.717) is 11.6 Å². The molecule has 3 aromatic rings. The van der Waals surface area contributed by atoms with E-state index in [9.17, 15) is 0 Å². The number of aromatic nitrogens is 4. The number of hydrogen-bond acceptors (Lipinski definition) is 5. The predicted molar refractivity (Wildman–Crippen MR) is 73.4 cm³/mol. The van der Waals surface area contributed by atoms with Crippen LogP contribution in [0.15, 0.2) is 18.5 Å². The Kier molecular flexibility index (Phi) is 2.52. The summed E-state index contributed by atoms with van der Waals surface area (Å²) in [6.07, 6.45) is 4.58. The van der Waals surface area contributed by atoms with E-state index in [1.807, 2.05) is 17.8 Å². The Morgan fingerprint density at radius 1 is 1.39 bits per heavy atom. The predicted octanol–water partition coefficient (Wildman–Crippen LogP) is 2.24. The van der Waals surface area contributed by atoms with Crippen LogP contribution in [0.25, 0.3) is 21.9 Å². The van der Waals surface area contributed by atoms with Gasteiger partial charge in [0.05, 0.1) is 5.39 Å². The van der Waals surface area contributed by atoms with Crippen LogP contribution in [0.3, 0.4) is 0 Å². The van der Waals surface area contributed by atoms with Gasteiger partial charge in [0.1, 0.15) is 10.6 Å². The first-order chi connectivity index (χ1) is 8.69. The van der Waals surface area contributed by atoms with E-state index < -0.39 is 0 Å². The van der Waals surface area contributed by atoms with Gasteiger partial charge in [-0.15, -0.1) is 11.3 Å². The molecule has 2 N–H and O–H groups in total. The van der Waals surface area contributed by atoms with Gasteiger partial charge in [-0.05, 0) is 12.5 Å². The van der Waals surface area contributed by atoms with E-state index in [1.54, 1.807) is 17.5 Å². The zero-order valence-electron chi connectivity index (χ0n) is 10.2. The Hall–Kier alpha value is -1.95. The first kappa shape index (κ1) is 11.2. The van der Waals surface area contributed by atoms with Gasteiger partial charge in [-0.1, -0.05) is 6.92 Å². The van der Waals surface area contributed by atoms with Gasteiger partial charge in [-0.3, -0.25) is 0 Å². The second-order valence-electron chi connectivity index (χ2n) is 4.08. The monoisotopic (exact) mass is 259 g/mol. The van der Waals surface area contributed by atoms with Crippen LogP contribution in [-0.4, -0.2) is 19.5 Å². The number of nitrogens with zero attached hydrogens (tertiary/aromatic N) is 4. The number of aryl methyl sites for hydroxylation is 2. The molecule has 5 nitrogen and oxygen atoms in total. The highest BCUT2D eigenvalue weighted by molar-refractivity contribution is 7.18. The van der Waals surface area contributed by atoms with Gasteiger partial charge in [0.15, 0.2) is 11.6 Å². The van der Waals surface area contributed by atoms with Crippen molar-refractivity contribution in [2.45, 2.75) is 13.3 Å². The molecule has 0 spiro atoms. The second kappa shape index (κ2) is 4.06. The van der Waals surface area contributed by atoms with Crippen molar-refractivity contribution in [1.29, 1.82) is 0 Å². The Labute approximate surface area is 108 Å². The smallest absolute Gasteiger partial charge is 0.199 e. The third kappa shape index (κ3) is 1.65. The lowest BCUT2D eigenvalue weighted by atomic mass is 10.3. The minimum absolute atomic E-state index is 0.522. The van der Waals surface area contributed by atoms with Gasteiger partial charge >= 0.3 is 0 Å². The van der Waals surface area contributed by atoms with Crippen LogP contribution >= 0.6 is 11.3 Å². The Morgan fingerprint density at radius 2 is 2.22 bits per heavy atom. The lowest BCUT2D eigenvalue weighted by Gasteiger charge is -2.02. The maximum atomic E-state index is 6.00. The topological polar surface area (TPSA) is 69.6 Å². The molecule has 0 unspecified atom stereocenters. The van der Waals surface area contributed by atoms with Crippen LogP contribution in [0.5, 0.6) is 0 Å². The third-order valence-electron chi connectivity index (χ3n) is 2.84. The van der Waals surface area contributed by atoms with Crippen molar-refractivity contribution in [3.63, 3.8) is 0 Å². The highest BCUT2D eigenvalue weighted by Crippen LogP contribution is 2.29. The normalized spacial score (nSPS) is 11.2. The van der Waals surface area contributed by atoms with E-state index in [0.717, 1.165) is 22.5 Å². The van der Waals surface area contributed by atoms with Crippen molar-refractivity contribution in [2.75, 3.05) is 5.73 Å². The fourth-order valence-corrected chi connectivity index (χ4v) is 2.82. The maximum absolute atomic E-state index is 6.00. The molecule has 0 aliphatic heterocycles. The highest BCUT2D eigenvalue weighted by Gasteiger charge is 2.12. The number of nitrogens with two attached hydrogens (primary N) is 1. The third-order valence-corrected chi connectivity index (χ3v) is 4.02. The van der Waals surface area contributed by atoms with Crippen molar-refractivity contribution in [2.24, 2.45) is 7.05 Å². The molecule has 0 aliphatic rings. The summed E-state index contributed by atoms with van der Waals surface area (Å²) in [6.45, 7) is 2.12. The van der Waals surface area contributed by atoms with Crippen LogP contribution in [0, 0.1) is 0 Å². The molecule has 0 saturated carbocycles. The van der Waals surface area contributed by atoms with Gasteiger partial charge in [0, 0.05) is 24.3 Å². The van der Waals surface area contributed by atoms with Gasteiger partial charge in [-0.25, -0.2) is 15.0 Å². The zero-order chi connectivity index (χ0) is 12.7. The van der Waals surface area contributed by atoms with Crippen molar-refractivity contribution in [3.8, 4) is 11.6 Å². The molecule has 3 rings (SSSR count). The standard InChI is InChI=1S/C12H13N5S/c1-3-7-6-8-9(13)15-10(16-12(8)18-7)11-14-4-5-17(11)2/h4-6H,3H2,1-2H3,(H2,13,15,16). The highest BCUT2D eigenvalue weighted by atomic mass is 32.1. The van der Waals surface area contributed by atoms with E-state index in [4.69, 9.17) is 5.73 Å². The van der Waals surface area contributed by atoms with Crippen LogP contribution in [0.2, 0.25) is 0 Å². The second-order valence-corrected chi connectivity index (χ2v) is 5.19. The summed E-state index contributed by atoms with van der Waals surface area (Å²) in [4.78, 5) is 15.3. The zero-order valence-corrected chi connectivity index (χ0v) is 11.0. The fraction of sp³-hybridized carbons (Fsp3) is 0.250. The molecule has 6 heteroatoms. The van der Waals surface area contributed by atoms with Crippen LogP contribution in [-0.2, 0) is 13.5 Å². The molecular weight excluding hydrogens is 246 g/mol. The largest absolute Gasteiger partial charge is 0.383 e. The summed E-state index contributed by atoms with van der Waals surface area (Å²) in [7, 11) is 1.91. The van der Waals surface area contributed by atoms with E-state index in [2.05, 4.69) is 27.9 Å². The molecule has 0 radical (unpaired) electrons. The molecule has 0 fully saturated rings. The van der Waals surface area contributed by atoms with E-state index >= 15 is 0 Å². The van der Waals surface area contributed by atoms with Gasteiger partial charge < -0.3 is 10.3 Å². The summed E-state index contributed by atoms with van der Waals surface area (Å²) in [5, 5.41) is 0.940. The summed E-state index contributed by atoms with van der Waals surface area (Å²) in [5.74, 6) is 1.83. The minimum atomic E-state index is 0.522. The number of hydrogen-bond donors (Lipinski definition) is 1. The van der Waals surface area contributed by atoms with E-state index in [1.165, 1.54) is 4.88 Å². The number of rotatable bonds is 2. The Morgan fingerprint density at radius 3 is 2.89 bits per heavy atom. The van der Waals surface area contributed by atoms with Crippen LogP contribution in [0.4, 0.5) is 5.82 Å². The molecule has 0 amide bonds. The van der Waals surface area contributed by atoms with Gasteiger partial charge in [-0.2, -0.15) is 0 Å². The van der Waals surface area contributed by atoms with E-state index in [-0.39, 0.29) is 0 Å². The lowest BCUT2D eigenvalue weighted by molar-refractivity contribution is 0.910.